The van der Waals surface area contributed by atoms with Crippen molar-refractivity contribution in [3.05, 3.63) is 53.1 Å². The predicted octanol–water partition coefficient (Wildman–Crippen LogP) is 1.44. The highest BCUT2D eigenvalue weighted by molar-refractivity contribution is 5.57. The lowest BCUT2D eigenvalue weighted by Crippen LogP contribution is -2.26. The van der Waals surface area contributed by atoms with Gasteiger partial charge in [-0.05, 0) is 13.0 Å². The zero-order valence-corrected chi connectivity index (χ0v) is 10.0. The minimum absolute atomic E-state index is 0.0255. The van der Waals surface area contributed by atoms with Gasteiger partial charge in [0.15, 0.2) is 0 Å². The number of rotatable bonds is 2. The van der Waals surface area contributed by atoms with Gasteiger partial charge in [0.2, 0.25) is 0 Å². The number of benzene rings is 1. The van der Waals surface area contributed by atoms with Crippen molar-refractivity contribution >= 4 is 0 Å². The molecule has 0 bridgehead atoms. The third kappa shape index (κ3) is 2.07. The van der Waals surface area contributed by atoms with Gasteiger partial charge >= 0.3 is 0 Å². The van der Waals surface area contributed by atoms with E-state index in [9.17, 15) is 4.79 Å². The van der Waals surface area contributed by atoms with E-state index in [-0.39, 0.29) is 11.6 Å². The van der Waals surface area contributed by atoms with Gasteiger partial charge in [-0.3, -0.25) is 9.36 Å². The van der Waals surface area contributed by atoms with Crippen molar-refractivity contribution in [3.63, 3.8) is 0 Å². The fourth-order valence-electron chi connectivity index (χ4n) is 2.33. The molecule has 4 nitrogen and oxygen atoms in total. The molecule has 1 unspecified atom stereocenters. The van der Waals surface area contributed by atoms with Crippen LogP contribution in [0.15, 0.2) is 47.5 Å². The van der Waals surface area contributed by atoms with Crippen LogP contribution in [-0.2, 0) is 0 Å². The number of nitrogens with one attached hydrogen (secondary N) is 1. The van der Waals surface area contributed by atoms with E-state index < -0.39 is 0 Å². The zero-order chi connectivity index (χ0) is 12.4. The van der Waals surface area contributed by atoms with Crippen LogP contribution in [0.1, 0.15) is 12.5 Å². The molecular formula is C14H15N3O. The lowest BCUT2D eigenvalue weighted by molar-refractivity contribution is 0.521. The van der Waals surface area contributed by atoms with Crippen LogP contribution in [0.2, 0.25) is 0 Å². The molecule has 18 heavy (non-hydrogen) atoms. The second-order valence-corrected chi connectivity index (χ2v) is 4.53. The molecule has 92 valence electrons. The van der Waals surface area contributed by atoms with Crippen LogP contribution < -0.4 is 10.9 Å². The fraction of sp³-hybridized carbons (Fsp3) is 0.286. The molecule has 0 aliphatic carbocycles. The summed E-state index contributed by atoms with van der Waals surface area (Å²) >= 11 is 0. The summed E-state index contributed by atoms with van der Waals surface area (Å²) in [4.78, 5) is 16.5. The number of hydrogen-bond donors (Lipinski definition) is 1. The SMILES string of the molecule is O=c1cc(-c2ccccc2)ncn1C1CCNC1. The zero-order valence-electron chi connectivity index (χ0n) is 10.0. The number of hydrogen-bond acceptors (Lipinski definition) is 3. The first-order valence-electron chi connectivity index (χ1n) is 6.19. The predicted molar refractivity (Wildman–Crippen MR) is 70.5 cm³/mol. The molecule has 1 atom stereocenters. The molecule has 0 radical (unpaired) electrons. The van der Waals surface area contributed by atoms with E-state index in [0.717, 1.165) is 30.8 Å². The summed E-state index contributed by atoms with van der Waals surface area (Å²) in [6.07, 6.45) is 2.66. The smallest absolute Gasteiger partial charge is 0.254 e. The molecule has 1 saturated heterocycles. The van der Waals surface area contributed by atoms with Gasteiger partial charge in [-0.15, -0.1) is 0 Å². The Labute approximate surface area is 105 Å². The summed E-state index contributed by atoms with van der Waals surface area (Å²) in [5, 5.41) is 3.26. The van der Waals surface area contributed by atoms with E-state index in [1.54, 1.807) is 17.0 Å². The molecule has 2 heterocycles. The molecule has 1 aliphatic heterocycles. The molecule has 0 amide bonds. The lowest BCUT2D eigenvalue weighted by Gasteiger charge is -2.12. The number of nitrogens with zero attached hydrogens (tertiary/aromatic N) is 2. The van der Waals surface area contributed by atoms with Crippen LogP contribution in [0.3, 0.4) is 0 Å². The maximum atomic E-state index is 12.1. The minimum Gasteiger partial charge on any atom is -0.315 e. The Kier molecular flexibility index (Phi) is 2.94. The normalized spacial score (nSPS) is 19.0. The van der Waals surface area contributed by atoms with Crippen LogP contribution in [-0.4, -0.2) is 22.6 Å². The molecule has 2 aromatic rings. The lowest BCUT2D eigenvalue weighted by atomic mass is 10.1. The topological polar surface area (TPSA) is 46.9 Å². The Morgan fingerprint density at radius 3 is 2.78 bits per heavy atom. The highest BCUT2D eigenvalue weighted by Crippen LogP contribution is 2.16. The van der Waals surface area contributed by atoms with Gasteiger partial charge in [-0.25, -0.2) is 4.98 Å². The average molecular weight is 241 g/mol. The molecule has 1 fully saturated rings. The molecule has 0 saturated carbocycles. The molecule has 4 heteroatoms. The van der Waals surface area contributed by atoms with E-state index in [4.69, 9.17) is 0 Å². The Morgan fingerprint density at radius 1 is 1.28 bits per heavy atom. The van der Waals surface area contributed by atoms with E-state index in [2.05, 4.69) is 10.3 Å². The van der Waals surface area contributed by atoms with Crippen LogP contribution in [0.25, 0.3) is 11.3 Å². The average Bonchev–Trinajstić information content (AvgIpc) is 2.93. The van der Waals surface area contributed by atoms with Crippen molar-refractivity contribution in [2.24, 2.45) is 0 Å². The van der Waals surface area contributed by atoms with E-state index >= 15 is 0 Å². The molecule has 3 rings (SSSR count). The van der Waals surface area contributed by atoms with Crippen molar-refractivity contribution in [2.75, 3.05) is 13.1 Å². The van der Waals surface area contributed by atoms with Crippen molar-refractivity contribution in [2.45, 2.75) is 12.5 Å². The van der Waals surface area contributed by atoms with Gasteiger partial charge in [-0.2, -0.15) is 0 Å². The first-order chi connectivity index (χ1) is 8.84. The van der Waals surface area contributed by atoms with Gasteiger partial charge in [0.05, 0.1) is 18.1 Å². The number of aromatic nitrogens is 2. The summed E-state index contributed by atoms with van der Waals surface area (Å²) < 4.78 is 1.73. The van der Waals surface area contributed by atoms with Gasteiger partial charge in [0.25, 0.3) is 5.56 Å². The monoisotopic (exact) mass is 241 g/mol. The van der Waals surface area contributed by atoms with E-state index in [1.165, 1.54) is 0 Å². The molecule has 1 N–H and O–H groups in total. The first kappa shape index (κ1) is 11.2. The van der Waals surface area contributed by atoms with Gasteiger partial charge in [0, 0.05) is 18.2 Å². The Morgan fingerprint density at radius 2 is 2.11 bits per heavy atom. The Balaban J connectivity index is 1.96. The van der Waals surface area contributed by atoms with Crippen LogP contribution in [0, 0.1) is 0 Å². The largest absolute Gasteiger partial charge is 0.315 e. The van der Waals surface area contributed by atoms with E-state index in [0.29, 0.717) is 0 Å². The maximum absolute atomic E-state index is 12.1. The van der Waals surface area contributed by atoms with Crippen LogP contribution in [0.4, 0.5) is 0 Å². The third-order valence-electron chi connectivity index (χ3n) is 3.33. The highest BCUT2D eigenvalue weighted by atomic mass is 16.1. The highest BCUT2D eigenvalue weighted by Gasteiger charge is 2.17. The van der Waals surface area contributed by atoms with Gasteiger partial charge in [-0.1, -0.05) is 30.3 Å². The third-order valence-corrected chi connectivity index (χ3v) is 3.33. The van der Waals surface area contributed by atoms with Crippen molar-refractivity contribution in [1.29, 1.82) is 0 Å². The van der Waals surface area contributed by atoms with Crippen molar-refractivity contribution in [1.82, 2.24) is 14.9 Å². The van der Waals surface area contributed by atoms with Crippen LogP contribution in [0.5, 0.6) is 0 Å². The standard InChI is InChI=1S/C14H15N3O/c18-14-8-13(11-4-2-1-3-5-11)16-10-17(14)12-6-7-15-9-12/h1-5,8,10,12,15H,6-7,9H2. The minimum atomic E-state index is 0.0255. The summed E-state index contributed by atoms with van der Waals surface area (Å²) in [6.45, 7) is 1.82. The molecule has 1 aromatic carbocycles. The molecular weight excluding hydrogens is 226 g/mol. The van der Waals surface area contributed by atoms with Gasteiger partial charge in [0.1, 0.15) is 0 Å². The fourth-order valence-corrected chi connectivity index (χ4v) is 2.33. The summed E-state index contributed by atoms with van der Waals surface area (Å²) in [7, 11) is 0. The Hall–Kier alpha value is -1.94. The van der Waals surface area contributed by atoms with Crippen molar-refractivity contribution in [3.8, 4) is 11.3 Å². The van der Waals surface area contributed by atoms with Crippen molar-refractivity contribution < 1.29 is 0 Å². The maximum Gasteiger partial charge on any atom is 0.254 e. The molecule has 1 aromatic heterocycles. The summed E-state index contributed by atoms with van der Waals surface area (Å²) in [6, 6.07) is 11.6. The first-order valence-corrected chi connectivity index (χ1v) is 6.19. The quantitative estimate of drug-likeness (QED) is 0.865. The summed E-state index contributed by atoms with van der Waals surface area (Å²) in [5.74, 6) is 0. The van der Waals surface area contributed by atoms with Crippen LogP contribution >= 0.6 is 0 Å². The summed E-state index contributed by atoms with van der Waals surface area (Å²) in [5.41, 5.74) is 1.74. The molecule has 1 aliphatic rings. The van der Waals surface area contributed by atoms with E-state index in [1.807, 2.05) is 30.3 Å². The Bertz CT molecular complexity index is 585. The molecule has 0 spiro atoms. The second-order valence-electron chi connectivity index (χ2n) is 4.53. The van der Waals surface area contributed by atoms with Gasteiger partial charge < -0.3 is 5.32 Å². The second kappa shape index (κ2) is 4.74.